The molecular weight excluding hydrogens is 919 g/mol. The number of para-hydroxylation sites is 3. The van der Waals surface area contributed by atoms with Gasteiger partial charge in [-0.2, -0.15) is 0 Å². The Labute approximate surface area is 437 Å². The largest absolute Gasteiger partial charge is 0.309 e. The highest BCUT2D eigenvalue weighted by Crippen LogP contribution is 2.47. The first kappa shape index (κ1) is 41.5. The van der Waals surface area contributed by atoms with Gasteiger partial charge in [0.25, 0.3) is 0 Å². The lowest BCUT2D eigenvalue weighted by molar-refractivity contribution is 1.02. The fourth-order valence-electron chi connectivity index (χ4n) is 13.3. The Morgan fingerprint density at radius 3 is 0.684 bits per heavy atom. The highest BCUT2D eigenvalue weighted by molar-refractivity contribution is 6.19. The lowest BCUT2D eigenvalue weighted by Crippen LogP contribution is -1.98. The Morgan fingerprint density at radius 1 is 0.197 bits per heavy atom. The zero-order valence-corrected chi connectivity index (χ0v) is 41.3. The van der Waals surface area contributed by atoms with Crippen LogP contribution < -0.4 is 0 Å². The number of nitrogens with zero attached hydrogens (tertiary/aromatic N) is 3. The number of fused-ring (bicyclic) bond motifs is 12. The van der Waals surface area contributed by atoms with Gasteiger partial charge in [0.15, 0.2) is 0 Å². The summed E-state index contributed by atoms with van der Waals surface area (Å²) in [6.07, 6.45) is 0. The molecule has 76 heavy (non-hydrogen) atoms. The van der Waals surface area contributed by atoms with Crippen LogP contribution in [0, 0.1) is 0 Å². The van der Waals surface area contributed by atoms with E-state index in [4.69, 9.17) is 0 Å². The molecule has 0 saturated heterocycles. The van der Waals surface area contributed by atoms with E-state index in [1.807, 2.05) is 0 Å². The van der Waals surface area contributed by atoms with Crippen LogP contribution in [0.2, 0.25) is 0 Å². The molecule has 0 unspecified atom stereocenters. The monoisotopic (exact) mass is 963 g/mol. The normalized spacial score (nSPS) is 12.7. The number of hydrogen-bond donors (Lipinski definition) is 0. The van der Waals surface area contributed by atoms with Gasteiger partial charge in [0.1, 0.15) is 0 Å². The first-order valence-corrected chi connectivity index (χ1v) is 26.4. The van der Waals surface area contributed by atoms with Crippen molar-refractivity contribution in [3.8, 4) is 17.1 Å². The summed E-state index contributed by atoms with van der Waals surface area (Å²) in [5.41, 5.74) is 14.6. The molecule has 0 amide bonds. The number of aromatic nitrogens is 3. The lowest BCUT2D eigenvalue weighted by Gasteiger charge is -2.15. The van der Waals surface area contributed by atoms with Gasteiger partial charge in [-0.1, -0.05) is 146 Å². The SMILES string of the molecule is c1ccc(C2c3ccc4cc3c3cc(ccc32)c2ccc3c(c2)c2cc(ccc2n3-c2ccccc2)c2ccc3c(c2)c2cc(ccc2n3-c2ccccc2)c2ccc3c(c2)c2cc4ccc2n3-c2ccccc2)cc1. The maximum absolute atomic E-state index is 2.47. The Morgan fingerprint density at radius 2 is 0.421 bits per heavy atom. The summed E-state index contributed by atoms with van der Waals surface area (Å²) in [6, 6.07) is 100. The second-order valence-electron chi connectivity index (χ2n) is 20.9. The van der Waals surface area contributed by atoms with E-state index in [1.54, 1.807) is 0 Å². The summed E-state index contributed by atoms with van der Waals surface area (Å²) in [7, 11) is 0. The van der Waals surface area contributed by atoms with Crippen molar-refractivity contribution in [3.05, 3.63) is 284 Å². The molecule has 3 heteroatoms. The fraction of sp³-hybridized carbons (Fsp3) is 0.0137. The van der Waals surface area contributed by atoms with Crippen LogP contribution in [-0.2, 0) is 0 Å². The molecule has 0 N–H and O–H groups in total. The maximum atomic E-state index is 2.47. The van der Waals surface area contributed by atoms with Gasteiger partial charge in [-0.15, -0.1) is 0 Å². The smallest absolute Gasteiger partial charge is 0.0541 e. The minimum Gasteiger partial charge on any atom is -0.309 e. The molecular formula is C73H45N3. The van der Waals surface area contributed by atoms with Gasteiger partial charge in [-0.05, 0) is 192 Å². The van der Waals surface area contributed by atoms with Crippen LogP contribution in [0.5, 0.6) is 0 Å². The molecule has 0 fully saturated rings. The Balaban J connectivity index is 1.03. The van der Waals surface area contributed by atoms with E-state index in [2.05, 4.69) is 281 Å². The summed E-state index contributed by atoms with van der Waals surface area (Å²) in [4.78, 5) is 0. The number of benzene rings is 12. The molecule has 0 atom stereocenters. The van der Waals surface area contributed by atoms with E-state index in [0.29, 0.717) is 0 Å². The average molecular weight is 964 g/mol. The molecule has 3 nitrogen and oxygen atoms in total. The summed E-state index contributed by atoms with van der Waals surface area (Å²) in [5, 5.41) is 19.6. The molecule has 0 radical (unpaired) electrons. The highest BCUT2D eigenvalue weighted by atomic mass is 15.0. The molecule has 0 aliphatic heterocycles. The van der Waals surface area contributed by atoms with Gasteiger partial charge < -0.3 is 13.7 Å². The van der Waals surface area contributed by atoms with Crippen molar-refractivity contribution in [1.29, 1.82) is 0 Å². The first-order chi connectivity index (χ1) is 37.7. The minimum atomic E-state index is 0.136. The van der Waals surface area contributed by atoms with Crippen molar-refractivity contribution in [1.82, 2.24) is 13.7 Å². The van der Waals surface area contributed by atoms with E-state index < -0.39 is 0 Å². The molecule has 16 bridgehead atoms. The molecule has 0 saturated carbocycles. The quantitative estimate of drug-likeness (QED) is 0.167. The van der Waals surface area contributed by atoms with Crippen LogP contribution in [-0.4, -0.2) is 13.7 Å². The van der Waals surface area contributed by atoms with Crippen molar-refractivity contribution in [3.63, 3.8) is 0 Å². The topological polar surface area (TPSA) is 14.8 Å². The zero-order chi connectivity index (χ0) is 49.6. The Kier molecular flexibility index (Phi) is 8.61. The van der Waals surface area contributed by atoms with Crippen LogP contribution in [0.3, 0.4) is 0 Å². The second-order valence-corrected chi connectivity index (χ2v) is 20.9. The predicted octanol–water partition coefficient (Wildman–Crippen LogP) is 19.4. The highest BCUT2D eigenvalue weighted by Gasteiger charge is 2.27. The van der Waals surface area contributed by atoms with Crippen molar-refractivity contribution >= 4 is 119 Å². The van der Waals surface area contributed by atoms with E-state index in [0.717, 1.165) is 17.1 Å². The second kappa shape index (κ2) is 15.8. The van der Waals surface area contributed by atoms with Crippen LogP contribution >= 0.6 is 0 Å². The van der Waals surface area contributed by atoms with Crippen LogP contribution in [0.4, 0.5) is 0 Å². The summed E-state index contributed by atoms with van der Waals surface area (Å²) in [6.45, 7) is 0. The average Bonchev–Trinajstić information content (AvgIpc) is 4.24. The van der Waals surface area contributed by atoms with Crippen LogP contribution in [0.25, 0.3) is 136 Å². The molecule has 1 aliphatic carbocycles. The van der Waals surface area contributed by atoms with Gasteiger partial charge in [-0.25, -0.2) is 0 Å². The standard InChI is InChI=1S/C73H45N3/c1-5-13-45(14-6-1)73-57-29-21-46-37-59(57)60-38-47(22-30-58(60)73)49-24-32-68-62(40-49)64-42-51(26-34-70(64)75(68)55-17-9-3-10-18-55)53-28-36-72-66(44-53)65-43-52(27-35-71(65)76(72)56-19-11-4-12-20-56)50-25-33-69-63(41-50)61-39-48(46)23-31-67(61)74(69)54-15-7-2-8-16-54/h1-44,73H. The van der Waals surface area contributed by atoms with Crippen LogP contribution in [0.1, 0.15) is 22.6 Å². The maximum Gasteiger partial charge on any atom is 0.0541 e. The number of rotatable bonds is 4. The molecule has 352 valence electrons. The molecule has 13 aromatic carbocycles. The fourth-order valence-corrected chi connectivity index (χ4v) is 13.3. The molecule has 3 heterocycles. The third-order valence-electron chi connectivity index (χ3n) is 16.8. The molecule has 3 aromatic heterocycles. The van der Waals surface area contributed by atoms with Gasteiger partial charge in [0, 0.05) is 55.3 Å². The van der Waals surface area contributed by atoms with Crippen molar-refractivity contribution < 1.29 is 0 Å². The Bertz CT molecular complexity index is 4910. The third-order valence-corrected chi connectivity index (χ3v) is 16.8. The molecule has 16 aromatic rings. The molecule has 0 spiro atoms. The van der Waals surface area contributed by atoms with E-state index in [9.17, 15) is 0 Å². The van der Waals surface area contributed by atoms with Crippen molar-refractivity contribution in [2.45, 2.75) is 5.92 Å². The van der Waals surface area contributed by atoms with Gasteiger partial charge in [0.05, 0.1) is 33.1 Å². The number of hydrogen-bond acceptors (Lipinski definition) is 0. The van der Waals surface area contributed by atoms with Gasteiger partial charge in [-0.3, -0.25) is 0 Å². The third kappa shape index (κ3) is 5.99. The van der Waals surface area contributed by atoms with Gasteiger partial charge >= 0.3 is 0 Å². The lowest BCUT2D eigenvalue weighted by atomic mass is 9.88. The Hall–Kier alpha value is -9.96. The van der Waals surface area contributed by atoms with E-state index in [1.165, 1.54) is 136 Å². The predicted molar refractivity (Wildman–Crippen MR) is 322 cm³/mol. The molecule has 1 aliphatic rings. The summed E-state index contributed by atoms with van der Waals surface area (Å²) < 4.78 is 7.29. The van der Waals surface area contributed by atoms with Crippen LogP contribution in [0.15, 0.2) is 267 Å². The summed E-state index contributed by atoms with van der Waals surface area (Å²) in [5.74, 6) is 0.136. The van der Waals surface area contributed by atoms with Gasteiger partial charge in [0.2, 0.25) is 0 Å². The summed E-state index contributed by atoms with van der Waals surface area (Å²) >= 11 is 0. The van der Waals surface area contributed by atoms with Crippen molar-refractivity contribution in [2.24, 2.45) is 0 Å². The minimum absolute atomic E-state index is 0.136. The van der Waals surface area contributed by atoms with E-state index in [-0.39, 0.29) is 5.92 Å². The zero-order valence-electron chi connectivity index (χ0n) is 41.3. The van der Waals surface area contributed by atoms with E-state index >= 15 is 0 Å². The molecule has 17 rings (SSSR count). The van der Waals surface area contributed by atoms with Crippen molar-refractivity contribution in [2.75, 3.05) is 0 Å². The first-order valence-electron chi connectivity index (χ1n) is 26.4.